The number of hydrogen-bond acceptors (Lipinski definition) is 1. The molecule has 4 atom stereocenters. The summed E-state index contributed by atoms with van der Waals surface area (Å²) in [5.74, 6) is 2.46. The fourth-order valence-corrected chi connectivity index (χ4v) is 19.8. The molecule has 0 aromatic heterocycles. The molecule has 0 unspecified atom stereocenters. The molecule has 0 amide bonds. The summed E-state index contributed by atoms with van der Waals surface area (Å²) in [4.78, 5) is 0. The van der Waals surface area contributed by atoms with E-state index in [9.17, 15) is 0 Å². The molecule has 0 aromatic rings. The first-order valence-electron chi connectivity index (χ1n) is 8.39. The Kier molecular flexibility index (Phi) is 5.11. The predicted molar refractivity (Wildman–Crippen MR) is 101 cm³/mol. The molecule has 0 aliphatic carbocycles. The van der Waals surface area contributed by atoms with Gasteiger partial charge in [-0.1, -0.05) is 6.58 Å². The molecule has 2 fully saturated rings. The minimum absolute atomic E-state index is 0.771. The van der Waals surface area contributed by atoms with E-state index in [1.54, 1.807) is 0 Å². The Morgan fingerprint density at radius 2 is 1.35 bits per heavy atom. The van der Waals surface area contributed by atoms with Crippen molar-refractivity contribution >= 4 is 20.6 Å². The molecule has 1 nitrogen and oxygen atoms in total. The Morgan fingerprint density at radius 1 is 0.950 bits per heavy atom. The van der Waals surface area contributed by atoms with E-state index in [0.29, 0.717) is 0 Å². The molecular formula is C16H34BNP2+2. The highest BCUT2D eigenvalue weighted by Gasteiger charge is 2.74. The van der Waals surface area contributed by atoms with Gasteiger partial charge in [-0.25, -0.2) is 0 Å². The molecule has 0 spiro atoms. The predicted octanol–water partition coefficient (Wildman–Crippen LogP) is 5.14. The molecule has 2 saturated heterocycles. The molecule has 20 heavy (non-hydrogen) atoms. The molecule has 0 saturated carbocycles. The van der Waals surface area contributed by atoms with E-state index in [1.807, 2.05) is 0 Å². The Morgan fingerprint density at radius 3 is 1.70 bits per heavy atom. The summed E-state index contributed by atoms with van der Waals surface area (Å²) in [6.07, 6.45) is 6.50. The smallest absolute Gasteiger partial charge is 0.282 e. The summed E-state index contributed by atoms with van der Waals surface area (Å²) in [7, 11) is 0.175. The molecule has 2 heterocycles. The van der Waals surface area contributed by atoms with E-state index in [4.69, 9.17) is 0 Å². The van der Waals surface area contributed by atoms with Crippen LogP contribution in [0.5, 0.6) is 0 Å². The molecular weight excluding hydrogens is 279 g/mol. The lowest BCUT2D eigenvalue weighted by molar-refractivity contribution is 0.777. The van der Waals surface area contributed by atoms with E-state index in [0.717, 1.165) is 28.9 Å². The average molecular weight is 313 g/mol. The van der Waals surface area contributed by atoms with Crippen molar-refractivity contribution in [3.05, 3.63) is 12.4 Å². The fraction of sp³-hybridized carbons (Fsp3) is 0.875. The van der Waals surface area contributed by atoms with Crippen LogP contribution < -0.4 is 5.23 Å². The van der Waals surface area contributed by atoms with Crippen LogP contribution >= 0.6 is 14.3 Å². The van der Waals surface area contributed by atoms with Gasteiger partial charge in [-0.15, -0.1) is 0 Å². The van der Waals surface area contributed by atoms with Crippen molar-refractivity contribution in [2.45, 2.75) is 76.0 Å². The van der Waals surface area contributed by atoms with Crippen molar-refractivity contribution in [3.63, 3.8) is 0 Å². The van der Waals surface area contributed by atoms with Crippen molar-refractivity contribution in [2.24, 2.45) is 0 Å². The van der Waals surface area contributed by atoms with E-state index in [-0.39, 0.29) is 0 Å². The second-order valence-corrected chi connectivity index (χ2v) is 17.1. The van der Waals surface area contributed by atoms with Gasteiger partial charge >= 0.3 is 6.29 Å². The SMILES string of the molecule is C=C[P+]1(B(NC)[P+]2(C)[C@H](C)CC[C@H]2C)[C@H](C)CC[C@H]1C. The maximum absolute atomic E-state index is 4.36. The maximum atomic E-state index is 4.36. The molecule has 0 radical (unpaired) electrons. The van der Waals surface area contributed by atoms with E-state index in [2.05, 4.69) is 59.0 Å². The zero-order chi connectivity index (χ0) is 15.1. The number of rotatable bonds is 4. The largest absolute Gasteiger partial charge is 0.616 e. The van der Waals surface area contributed by atoms with Crippen LogP contribution in [-0.4, -0.2) is 42.6 Å². The van der Waals surface area contributed by atoms with Gasteiger partial charge in [0.25, 0.3) is 0 Å². The van der Waals surface area contributed by atoms with Crippen molar-refractivity contribution in [3.8, 4) is 0 Å². The van der Waals surface area contributed by atoms with Gasteiger partial charge in [0.1, 0.15) is 0 Å². The summed E-state index contributed by atoms with van der Waals surface area (Å²) >= 11 is 0. The normalized spacial score (nSPS) is 38.9. The number of hydrogen-bond donors (Lipinski definition) is 1. The highest BCUT2D eigenvalue weighted by Crippen LogP contribution is 2.87. The monoisotopic (exact) mass is 313 g/mol. The third-order valence-corrected chi connectivity index (χ3v) is 20.6. The van der Waals surface area contributed by atoms with Crippen LogP contribution in [0.4, 0.5) is 0 Å². The topological polar surface area (TPSA) is 12.0 Å². The zero-order valence-corrected chi connectivity index (χ0v) is 16.2. The van der Waals surface area contributed by atoms with Gasteiger partial charge in [0.05, 0.1) is 29.8 Å². The lowest BCUT2D eigenvalue weighted by atomic mass is 10.2. The van der Waals surface area contributed by atoms with E-state index in [1.165, 1.54) is 25.7 Å². The van der Waals surface area contributed by atoms with Gasteiger partial charge in [-0.3, -0.25) is 5.23 Å². The lowest BCUT2D eigenvalue weighted by Gasteiger charge is -2.38. The summed E-state index contributed by atoms with van der Waals surface area (Å²) in [6.45, 7) is 17.1. The zero-order valence-electron chi connectivity index (χ0n) is 14.4. The average Bonchev–Trinajstić information content (AvgIpc) is 2.85. The second-order valence-electron chi connectivity index (χ2n) is 7.51. The minimum Gasteiger partial charge on any atom is -0.282 e. The Bertz CT molecular complexity index is 353. The maximum Gasteiger partial charge on any atom is 0.616 e. The van der Waals surface area contributed by atoms with Gasteiger partial charge < -0.3 is 0 Å². The van der Waals surface area contributed by atoms with Crippen LogP contribution in [0.25, 0.3) is 0 Å². The highest BCUT2D eigenvalue weighted by atomic mass is 31.2. The molecule has 114 valence electrons. The Balaban J connectivity index is 2.48. The molecule has 2 aliphatic rings. The van der Waals surface area contributed by atoms with Crippen molar-refractivity contribution in [1.82, 2.24) is 5.23 Å². The first-order chi connectivity index (χ1) is 9.35. The second kappa shape index (κ2) is 6.02. The van der Waals surface area contributed by atoms with Crippen LogP contribution in [0.3, 0.4) is 0 Å². The molecule has 2 aliphatic heterocycles. The van der Waals surface area contributed by atoms with Crippen LogP contribution in [-0.2, 0) is 0 Å². The van der Waals surface area contributed by atoms with Crippen molar-refractivity contribution < 1.29 is 0 Å². The first-order valence-corrected chi connectivity index (χ1v) is 12.9. The van der Waals surface area contributed by atoms with E-state index < -0.39 is 14.3 Å². The highest BCUT2D eigenvalue weighted by molar-refractivity contribution is 8.33. The Labute approximate surface area is 128 Å². The van der Waals surface area contributed by atoms with Crippen molar-refractivity contribution in [1.29, 1.82) is 0 Å². The van der Waals surface area contributed by atoms with Crippen LogP contribution in [0.15, 0.2) is 12.4 Å². The summed E-state index contributed by atoms with van der Waals surface area (Å²) in [5, 5.41) is 3.87. The summed E-state index contributed by atoms with van der Waals surface area (Å²) in [6, 6.07) is 0. The van der Waals surface area contributed by atoms with Gasteiger partial charge in [-0.2, -0.15) is 0 Å². The third-order valence-electron chi connectivity index (χ3n) is 6.96. The van der Waals surface area contributed by atoms with Crippen LogP contribution in [0.2, 0.25) is 0 Å². The quantitative estimate of drug-likeness (QED) is 0.560. The molecule has 1 N–H and O–H groups in total. The molecule has 4 heteroatoms. The van der Waals surface area contributed by atoms with Gasteiger partial charge in [0.15, 0.2) is 0 Å². The van der Waals surface area contributed by atoms with Crippen molar-refractivity contribution in [2.75, 3.05) is 13.7 Å². The number of nitrogens with one attached hydrogen (secondary N) is 1. The first kappa shape index (κ1) is 17.0. The van der Waals surface area contributed by atoms with Gasteiger partial charge in [-0.05, 0) is 60.4 Å². The summed E-state index contributed by atoms with van der Waals surface area (Å²) in [5.41, 5.74) is 3.63. The fourth-order valence-electron chi connectivity index (χ4n) is 5.19. The Hall–Kier alpha value is 0.625. The molecule has 0 aromatic carbocycles. The van der Waals surface area contributed by atoms with Gasteiger partial charge in [0, 0.05) is 19.6 Å². The lowest BCUT2D eigenvalue weighted by Crippen LogP contribution is -2.43. The standard InChI is InChI=1S/C16H34BNP2/c1-8-20(15(4)11-12-16(20)5)17(18-6)19(7)13(2)9-10-14(19)3/h8,13-16,18H,1,9-12H2,2-7H3/q+2/t13-,14-,15-,16-/m1/s1. The summed E-state index contributed by atoms with van der Waals surface area (Å²) < 4.78 is 0. The molecule has 2 rings (SSSR count). The van der Waals surface area contributed by atoms with Gasteiger partial charge in [0.2, 0.25) is 0 Å². The minimum atomic E-state index is -1.11. The van der Waals surface area contributed by atoms with Crippen LogP contribution in [0, 0.1) is 0 Å². The molecule has 0 bridgehead atoms. The van der Waals surface area contributed by atoms with Crippen LogP contribution in [0.1, 0.15) is 53.4 Å². The third kappa shape index (κ3) is 2.17. The van der Waals surface area contributed by atoms with E-state index >= 15 is 0 Å².